The lowest BCUT2D eigenvalue weighted by molar-refractivity contribution is -0.128. The molecule has 0 saturated carbocycles. The van der Waals surface area contributed by atoms with Crippen LogP contribution in [0.15, 0.2) is 30.9 Å². The molecule has 10 nitrogen and oxygen atoms in total. The third-order valence-electron chi connectivity index (χ3n) is 9.91. The van der Waals surface area contributed by atoms with Crippen LogP contribution in [0.3, 0.4) is 0 Å². The summed E-state index contributed by atoms with van der Waals surface area (Å²) in [7, 11) is 5.90. The summed E-state index contributed by atoms with van der Waals surface area (Å²) >= 11 is 0. The van der Waals surface area contributed by atoms with E-state index in [1.165, 1.54) is 11.6 Å². The fourth-order valence-corrected chi connectivity index (χ4v) is 7.57. The smallest absolute Gasteiger partial charge is 0.246 e. The highest BCUT2D eigenvalue weighted by Crippen LogP contribution is 2.37. The van der Waals surface area contributed by atoms with Crippen LogP contribution in [0.25, 0.3) is 0 Å². The lowest BCUT2D eigenvalue weighted by Crippen LogP contribution is -2.55. The van der Waals surface area contributed by atoms with Gasteiger partial charge in [0.1, 0.15) is 11.6 Å². The predicted molar refractivity (Wildman–Crippen MR) is 169 cm³/mol. The predicted octanol–water partition coefficient (Wildman–Crippen LogP) is 2.81. The van der Waals surface area contributed by atoms with E-state index in [-0.39, 0.29) is 42.4 Å². The molecule has 6 rings (SSSR count). The van der Waals surface area contributed by atoms with Crippen LogP contribution >= 0.6 is 0 Å². The van der Waals surface area contributed by atoms with E-state index in [0.717, 1.165) is 68.0 Å². The second-order valence-electron chi connectivity index (χ2n) is 12.6. The largest absolute Gasteiger partial charge is 0.378 e. The van der Waals surface area contributed by atoms with Crippen molar-refractivity contribution in [1.29, 1.82) is 5.26 Å². The highest BCUT2D eigenvalue weighted by atomic mass is 19.1. The Morgan fingerprint density at radius 1 is 1.18 bits per heavy atom. The number of amides is 1. The number of aryl methyl sites for hydroxylation is 1. The summed E-state index contributed by atoms with van der Waals surface area (Å²) in [5.74, 6) is 1.26. The van der Waals surface area contributed by atoms with Crippen molar-refractivity contribution in [2.24, 2.45) is 0 Å². The van der Waals surface area contributed by atoms with Crippen molar-refractivity contribution in [3.63, 3.8) is 0 Å². The summed E-state index contributed by atoms with van der Waals surface area (Å²) in [5, 5.41) is 9.58. The third kappa shape index (κ3) is 5.73. The topological polar surface area (TPSA) is 92.1 Å². The molecule has 2 fully saturated rings. The standard InChI is InChI=1S/C33H43FN8O2/c1-5-31(43)42-16-15-39(19-25(42)12-13-35)32-26-11-10-24(41-14-6-7-22-8-9-23(34)17-28(22)41)18-27(26)36-33(37-32)40-20-29(38(2)3)30(21-40)44-4/h5,8-9,17,24-25,29-30H,1,6-7,10-12,14-16,18-21H2,2-4H3/t24-,25+,29-,30-/m1/s1. The Morgan fingerprint density at radius 2 is 2.02 bits per heavy atom. The van der Waals surface area contributed by atoms with Crippen LogP contribution in [0, 0.1) is 17.1 Å². The third-order valence-corrected chi connectivity index (χ3v) is 9.91. The van der Waals surface area contributed by atoms with Gasteiger partial charge < -0.3 is 29.2 Å². The molecule has 11 heteroatoms. The van der Waals surface area contributed by atoms with Crippen LogP contribution in [0.4, 0.5) is 21.8 Å². The molecule has 2 saturated heterocycles. The van der Waals surface area contributed by atoms with Gasteiger partial charge in [0, 0.05) is 70.1 Å². The molecule has 234 valence electrons. The Labute approximate surface area is 259 Å². The van der Waals surface area contributed by atoms with Crippen LogP contribution in [0.5, 0.6) is 0 Å². The van der Waals surface area contributed by atoms with Crippen LogP contribution in [-0.4, -0.2) is 110 Å². The number of nitriles is 1. The quantitative estimate of drug-likeness (QED) is 0.444. The highest BCUT2D eigenvalue weighted by Gasteiger charge is 2.39. The number of nitrogens with zero attached hydrogens (tertiary/aromatic N) is 8. The zero-order valence-electron chi connectivity index (χ0n) is 26.1. The monoisotopic (exact) mass is 602 g/mol. The molecule has 4 aliphatic rings. The van der Waals surface area contributed by atoms with Gasteiger partial charge in [0.05, 0.1) is 36.4 Å². The number of halogens is 1. The molecule has 0 radical (unpaired) electrons. The molecule has 0 bridgehead atoms. The van der Waals surface area contributed by atoms with Gasteiger partial charge in [-0.15, -0.1) is 0 Å². The summed E-state index contributed by atoms with van der Waals surface area (Å²) in [6.45, 7) is 7.67. The van der Waals surface area contributed by atoms with Crippen molar-refractivity contribution in [3.8, 4) is 6.07 Å². The minimum absolute atomic E-state index is 0.0362. The number of fused-ring (bicyclic) bond motifs is 2. The van der Waals surface area contributed by atoms with E-state index >= 15 is 0 Å². The highest BCUT2D eigenvalue weighted by molar-refractivity contribution is 5.87. The molecular weight excluding hydrogens is 559 g/mol. The van der Waals surface area contributed by atoms with Crippen molar-refractivity contribution in [1.82, 2.24) is 19.8 Å². The van der Waals surface area contributed by atoms with Crippen LogP contribution in [0.2, 0.25) is 0 Å². The SMILES string of the molecule is C=CC(=O)N1CCN(c2nc(N3C[C@@H](N(C)C)[C@H](OC)C3)nc3c2CC[C@@H](N2CCCc4ccc(F)cc42)C3)C[C@@H]1CC#N. The first kappa shape index (κ1) is 30.3. The summed E-state index contributed by atoms with van der Waals surface area (Å²) < 4.78 is 20.2. The number of aromatic nitrogens is 2. The molecule has 3 aliphatic heterocycles. The molecule has 1 aliphatic carbocycles. The van der Waals surface area contributed by atoms with Gasteiger partial charge in [-0.05, 0) is 63.6 Å². The second-order valence-corrected chi connectivity index (χ2v) is 12.6. The average Bonchev–Trinajstić information content (AvgIpc) is 3.49. The lowest BCUT2D eigenvalue weighted by atomic mass is 9.88. The molecule has 1 aromatic heterocycles. The van der Waals surface area contributed by atoms with E-state index in [4.69, 9.17) is 14.7 Å². The molecule has 2 aromatic rings. The number of carbonyl (C=O) groups is 1. The van der Waals surface area contributed by atoms with E-state index in [1.807, 2.05) is 6.07 Å². The Bertz CT molecular complexity index is 1440. The van der Waals surface area contributed by atoms with Crippen molar-refractivity contribution < 1.29 is 13.9 Å². The number of piperazine rings is 1. The number of hydrogen-bond donors (Lipinski definition) is 0. The molecule has 1 amide bonds. The molecule has 4 atom stereocenters. The van der Waals surface area contributed by atoms with Crippen molar-refractivity contribution >= 4 is 23.4 Å². The number of benzene rings is 1. The number of hydrogen-bond acceptors (Lipinski definition) is 9. The normalized spacial score (nSPS) is 25.1. The fraction of sp³-hybridized carbons (Fsp3) is 0.576. The zero-order chi connectivity index (χ0) is 31.0. The number of carbonyl (C=O) groups excluding carboxylic acids is 1. The van der Waals surface area contributed by atoms with Gasteiger partial charge in [0.15, 0.2) is 0 Å². The molecule has 44 heavy (non-hydrogen) atoms. The second kappa shape index (κ2) is 12.7. The van der Waals surface area contributed by atoms with Gasteiger partial charge >= 0.3 is 0 Å². The van der Waals surface area contributed by atoms with E-state index in [0.29, 0.717) is 32.1 Å². The van der Waals surface area contributed by atoms with Gasteiger partial charge in [0.2, 0.25) is 11.9 Å². The Balaban J connectivity index is 1.36. The number of anilines is 3. The van der Waals surface area contributed by atoms with E-state index in [9.17, 15) is 14.4 Å². The van der Waals surface area contributed by atoms with Crippen molar-refractivity contribution in [2.45, 2.75) is 62.8 Å². The van der Waals surface area contributed by atoms with Gasteiger partial charge in [-0.2, -0.15) is 10.2 Å². The van der Waals surface area contributed by atoms with Gasteiger partial charge in [-0.1, -0.05) is 12.6 Å². The number of rotatable bonds is 7. The summed E-state index contributed by atoms with van der Waals surface area (Å²) in [4.78, 5) is 33.9. The maximum absolute atomic E-state index is 14.4. The zero-order valence-corrected chi connectivity index (χ0v) is 26.1. The number of methoxy groups -OCH3 is 1. The number of ether oxygens (including phenoxy) is 1. The molecule has 0 N–H and O–H groups in total. The van der Waals surface area contributed by atoms with Gasteiger partial charge in [-0.3, -0.25) is 4.79 Å². The summed E-state index contributed by atoms with van der Waals surface area (Å²) in [6.07, 6.45) is 6.12. The summed E-state index contributed by atoms with van der Waals surface area (Å²) in [5.41, 5.74) is 4.40. The molecule has 4 heterocycles. The fourth-order valence-electron chi connectivity index (χ4n) is 7.57. The molecule has 0 unspecified atom stereocenters. The average molecular weight is 603 g/mol. The maximum atomic E-state index is 14.4. The van der Waals surface area contributed by atoms with Crippen molar-refractivity contribution in [2.75, 3.05) is 75.2 Å². The minimum Gasteiger partial charge on any atom is -0.378 e. The van der Waals surface area contributed by atoms with Crippen LogP contribution in [-0.2, 0) is 28.8 Å². The Kier molecular flexibility index (Phi) is 8.74. The van der Waals surface area contributed by atoms with Gasteiger partial charge in [0.25, 0.3) is 0 Å². The lowest BCUT2D eigenvalue weighted by Gasteiger charge is -2.43. The molecule has 1 aromatic carbocycles. The van der Waals surface area contributed by atoms with E-state index < -0.39 is 0 Å². The molecular formula is C33H43FN8O2. The van der Waals surface area contributed by atoms with Gasteiger partial charge in [-0.25, -0.2) is 9.37 Å². The Hall–Kier alpha value is -3.75. The first-order valence-electron chi connectivity index (χ1n) is 15.7. The van der Waals surface area contributed by atoms with Crippen molar-refractivity contribution in [3.05, 3.63) is 53.5 Å². The Morgan fingerprint density at radius 3 is 2.75 bits per heavy atom. The maximum Gasteiger partial charge on any atom is 0.246 e. The van der Waals surface area contributed by atoms with Crippen LogP contribution < -0.4 is 14.7 Å². The first-order chi connectivity index (χ1) is 21.3. The van der Waals surface area contributed by atoms with Crippen LogP contribution in [0.1, 0.15) is 36.1 Å². The first-order valence-corrected chi connectivity index (χ1v) is 15.7. The minimum atomic E-state index is -0.243. The molecule has 0 spiro atoms. The summed E-state index contributed by atoms with van der Waals surface area (Å²) in [6, 6.07) is 7.64. The van der Waals surface area contributed by atoms with E-state index in [1.54, 1.807) is 24.1 Å². The number of likely N-dealkylation sites (N-methyl/N-ethyl adjacent to an activating group) is 1. The van der Waals surface area contributed by atoms with E-state index in [2.05, 4.69) is 46.3 Å².